The van der Waals surface area contributed by atoms with Crippen LogP contribution in [0.2, 0.25) is 0 Å². The fourth-order valence-electron chi connectivity index (χ4n) is 3.14. The standard InChI is InChI=1S/C24H20N6O4S/c25-29-30(35(33,34)20-6-2-1-3-7-20)24(32)28-18-12-10-17(11-13-18)23(31)15-14-19-16-26-21-8-4-5-9-22(21)27-19/h1-16,29H,25H2,(H,28,32). The lowest BCUT2D eigenvalue weighted by Gasteiger charge is -2.21. The zero-order valence-corrected chi connectivity index (χ0v) is 19.0. The number of benzene rings is 3. The molecule has 0 radical (unpaired) electrons. The van der Waals surface area contributed by atoms with Gasteiger partial charge in [-0.15, -0.1) is 4.41 Å². The number of fused-ring (bicyclic) bond motifs is 1. The normalized spacial score (nSPS) is 11.5. The van der Waals surface area contributed by atoms with E-state index >= 15 is 0 Å². The van der Waals surface area contributed by atoms with Crippen LogP contribution >= 0.6 is 0 Å². The van der Waals surface area contributed by atoms with Gasteiger partial charge in [0, 0.05) is 11.3 Å². The SMILES string of the molecule is NNN(C(=O)Nc1ccc(C(=O)C=Cc2cnc3ccccc3n2)cc1)S(=O)(=O)c1ccccc1. The maximum absolute atomic E-state index is 12.7. The third-order valence-electron chi connectivity index (χ3n) is 4.88. The predicted molar refractivity (Wildman–Crippen MR) is 131 cm³/mol. The van der Waals surface area contributed by atoms with Crippen LogP contribution in [0, 0.1) is 0 Å². The van der Waals surface area contributed by atoms with Crippen molar-refractivity contribution in [3.05, 3.63) is 102 Å². The number of aromatic nitrogens is 2. The Kier molecular flexibility index (Phi) is 6.92. The molecule has 0 bridgehead atoms. The highest BCUT2D eigenvalue weighted by atomic mass is 32.2. The second kappa shape index (κ2) is 10.2. The number of urea groups is 1. The third kappa shape index (κ3) is 5.38. The summed E-state index contributed by atoms with van der Waals surface area (Å²) in [4.78, 5) is 33.7. The first-order valence-electron chi connectivity index (χ1n) is 10.3. The van der Waals surface area contributed by atoms with Gasteiger partial charge in [-0.1, -0.05) is 30.3 Å². The molecule has 0 aliphatic heterocycles. The molecular formula is C24H20N6O4S. The Bertz CT molecular complexity index is 1510. The second-order valence-electron chi connectivity index (χ2n) is 7.20. The minimum Gasteiger partial charge on any atom is -0.306 e. The quantitative estimate of drug-likeness (QED) is 0.156. The summed E-state index contributed by atoms with van der Waals surface area (Å²) in [6.45, 7) is 0. The summed E-state index contributed by atoms with van der Waals surface area (Å²) >= 11 is 0. The molecule has 0 aliphatic rings. The van der Waals surface area contributed by atoms with Crippen LogP contribution in [0.4, 0.5) is 10.5 Å². The fourth-order valence-corrected chi connectivity index (χ4v) is 4.25. The zero-order chi connectivity index (χ0) is 24.8. The molecule has 4 N–H and O–H groups in total. The number of hydrogen-bond donors (Lipinski definition) is 3. The molecule has 0 fully saturated rings. The highest BCUT2D eigenvalue weighted by Gasteiger charge is 2.29. The van der Waals surface area contributed by atoms with Gasteiger partial charge in [-0.05, 0) is 60.7 Å². The van der Waals surface area contributed by atoms with Gasteiger partial charge < -0.3 is 5.32 Å². The smallest absolute Gasteiger partial charge is 0.306 e. The number of hydrazine groups is 2. The molecule has 0 aliphatic carbocycles. The molecule has 0 saturated heterocycles. The summed E-state index contributed by atoms with van der Waals surface area (Å²) in [5.41, 5.74) is 4.53. The average Bonchev–Trinajstić information content (AvgIpc) is 2.88. The first-order valence-corrected chi connectivity index (χ1v) is 11.7. The number of para-hydroxylation sites is 2. The van der Waals surface area contributed by atoms with E-state index in [0.717, 1.165) is 11.0 Å². The molecule has 0 atom stereocenters. The summed E-state index contributed by atoms with van der Waals surface area (Å²) in [6.07, 6.45) is 4.51. The van der Waals surface area contributed by atoms with Crippen molar-refractivity contribution in [2.75, 3.05) is 5.32 Å². The number of allylic oxidation sites excluding steroid dienone is 1. The Morgan fingerprint density at radius 2 is 1.54 bits per heavy atom. The minimum absolute atomic E-state index is 0.114. The molecule has 4 rings (SSSR count). The molecule has 1 aromatic heterocycles. The maximum Gasteiger partial charge on any atom is 0.351 e. The Hall–Kier alpha value is -4.45. The van der Waals surface area contributed by atoms with E-state index in [0.29, 0.717) is 11.3 Å². The van der Waals surface area contributed by atoms with E-state index in [1.165, 1.54) is 54.6 Å². The molecular weight excluding hydrogens is 468 g/mol. The summed E-state index contributed by atoms with van der Waals surface area (Å²) < 4.78 is 25.6. The molecule has 35 heavy (non-hydrogen) atoms. The highest BCUT2D eigenvalue weighted by Crippen LogP contribution is 2.16. The number of nitrogens with two attached hydrogens (primary N) is 1. The number of sulfonamides is 1. The van der Waals surface area contributed by atoms with E-state index in [2.05, 4.69) is 15.3 Å². The van der Waals surface area contributed by atoms with E-state index in [1.807, 2.05) is 29.8 Å². The molecule has 0 unspecified atom stereocenters. The van der Waals surface area contributed by atoms with Crippen molar-refractivity contribution < 1.29 is 18.0 Å². The van der Waals surface area contributed by atoms with Gasteiger partial charge in [0.2, 0.25) is 0 Å². The Morgan fingerprint density at radius 1 is 0.886 bits per heavy atom. The Balaban J connectivity index is 1.43. The number of hydrogen-bond acceptors (Lipinski definition) is 8. The first-order chi connectivity index (χ1) is 16.9. The van der Waals surface area contributed by atoms with Crippen molar-refractivity contribution in [1.29, 1.82) is 0 Å². The molecule has 0 saturated carbocycles. The average molecular weight is 489 g/mol. The second-order valence-corrected chi connectivity index (χ2v) is 8.99. The van der Waals surface area contributed by atoms with Gasteiger partial charge in [-0.2, -0.15) is 14.0 Å². The van der Waals surface area contributed by atoms with Crippen LogP contribution < -0.4 is 16.7 Å². The monoisotopic (exact) mass is 488 g/mol. The van der Waals surface area contributed by atoms with E-state index in [9.17, 15) is 18.0 Å². The number of ketones is 1. The maximum atomic E-state index is 12.7. The minimum atomic E-state index is -4.23. The summed E-state index contributed by atoms with van der Waals surface area (Å²) in [7, 11) is -4.23. The Labute approximate surface area is 201 Å². The molecule has 3 aromatic carbocycles. The van der Waals surface area contributed by atoms with Gasteiger partial charge in [-0.25, -0.2) is 9.78 Å². The number of rotatable bonds is 7. The molecule has 176 valence electrons. The van der Waals surface area contributed by atoms with Crippen LogP contribution in [0.15, 0.2) is 96.0 Å². The van der Waals surface area contributed by atoms with Crippen LogP contribution in [0.3, 0.4) is 0 Å². The van der Waals surface area contributed by atoms with E-state index < -0.39 is 16.1 Å². The topological polar surface area (TPSA) is 147 Å². The highest BCUT2D eigenvalue weighted by molar-refractivity contribution is 7.89. The van der Waals surface area contributed by atoms with E-state index in [-0.39, 0.29) is 20.8 Å². The van der Waals surface area contributed by atoms with Crippen molar-refractivity contribution in [2.24, 2.45) is 5.84 Å². The number of carbonyl (C=O) groups is 2. The van der Waals surface area contributed by atoms with Crippen molar-refractivity contribution in [2.45, 2.75) is 4.90 Å². The van der Waals surface area contributed by atoms with Crippen LogP contribution in [-0.2, 0) is 10.0 Å². The van der Waals surface area contributed by atoms with Crippen LogP contribution in [0.1, 0.15) is 16.1 Å². The molecule has 11 heteroatoms. The molecule has 10 nitrogen and oxygen atoms in total. The van der Waals surface area contributed by atoms with Crippen LogP contribution in [-0.4, -0.2) is 34.6 Å². The van der Waals surface area contributed by atoms with Crippen LogP contribution in [0.25, 0.3) is 17.1 Å². The van der Waals surface area contributed by atoms with Crippen LogP contribution in [0.5, 0.6) is 0 Å². The first kappa shape index (κ1) is 23.7. The molecule has 0 spiro atoms. The zero-order valence-electron chi connectivity index (χ0n) is 18.2. The lowest BCUT2D eigenvalue weighted by atomic mass is 10.1. The molecule has 2 amide bonds. The fraction of sp³-hybridized carbons (Fsp3) is 0. The van der Waals surface area contributed by atoms with Gasteiger partial charge in [0.15, 0.2) is 5.78 Å². The summed E-state index contributed by atoms with van der Waals surface area (Å²) in [5.74, 6) is 5.02. The number of nitrogens with one attached hydrogen (secondary N) is 2. The lowest BCUT2D eigenvalue weighted by Crippen LogP contribution is -2.52. The number of amides is 2. The van der Waals surface area contributed by atoms with E-state index in [1.54, 1.807) is 18.3 Å². The van der Waals surface area contributed by atoms with Gasteiger partial charge >= 0.3 is 6.03 Å². The van der Waals surface area contributed by atoms with Gasteiger partial charge in [0.25, 0.3) is 10.0 Å². The van der Waals surface area contributed by atoms with Crippen molar-refractivity contribution in [1.82, 2.24) is 19.9 Å². The summed E-state index contributed by atoms with van der Waals surface area (Å²) in [5, 5.41) is 2.43. The third-order valence-corrected chi connectivity index (χ3v) is 6.50. The lowest BCUT2D eigenvalue weighted by molar-refractivity contribution is 0.104. The van der Waals surface area contributed by atoms with Gasteiger partial charge in [0.1, 0.15) is 0 Å². The molecule has 4 aromatic rings. The largest absolute Gasteiger partial charge is 0.351 e. The summed E-state index contributed by atoms with van der Waals surface area (Å²) in [6, 6.07) is 19.7. The van der Waals surface area contributed by atoms with Crippen molar-refractivity contribution in [3.63, 3.8) is 0 Å². The number of carbonyl (C=O) groups excluding carboxylic acids is 2. The van der Waals surface area contributed by atoms with E-state index in [4.69, 9.17) is 5.84 Å². The van der Waals surface area contributed by atoms with Gasteiger partial charge in [-0.3, -0.25) is 15.6 Å². The van der Waals surface area contributed by atoms with Crippen molar-refractivity contribution in [3.8, 4) is 0 Å². The van der Waals surface area contributed by atoms with Crippen molar-refractivity contribution >= 4 is 44.6 Å². The number of nitrogens with zero attached hydrogens (tertiary/aromatic N) is 3. The predicted octanol–water partition coefficient (Wildman–Crippen LogP) is 3.13. The number of anilines is 1. The Morgan fingerprint density at radius 3 is 2.23 bits per heavy atom. The molecule has 1 heterocycles. The van der Waals surface area contributed by atoms with Gasteiger partial charge in [0.05, 0.1) is 27.8 Å².